The summed E-state index contributed by atoms with van der Waals surface area (Å²) >= 11 is 0. The number of rotatable bonds is 4. The Labute approximate surface area is 478 Å². The smallest absolute Gasteiger partial charge is 0.656 e. The number of benzene rings is 9. The number of hydrogen-bond acceptors (Lipinski definition) is 5. The molecule has 0 unspecified atom stereocenters. The molecule has 8 bridgehead atoms. The van der Waals surface area contributed by atoms with E-state index in [1.165, 1.54) is 0 Å². The molecule has 81 heavy (non-hydrogen) atoms. The molecule has 0 spiro atoms. The van der Waals surface area contributed by atoms with Crippen molar-refractivity contribution >= 4 is 86.7 Å². The first-order valence-corrected chi connectivity index (χ1v) is 26.9. The van der Waals surface area contributed by atoms with Crippen molar-refractivity contribution in [3.8, 4) is 89.5 Å². The Morgan fingerprint density at radius 3 is 0.716 bits per heavy atom. The molecule has 0 saturated heterocycles. The zero-order valence-electron chi connectivity index (χ0n) is 43.1. The second-order valence-corrected chi connectivity index (χ2v) is 20.8. The normalized spacial score (nSPS) is 11.9. The minimum atomic E-state index is 0. The number of hydrogen-bond donors (Lipinski definition) is 0. The second kappa shape index (κ2) is 18.5. The summed E-state index contributed by atoms with van der Waals surface area (Å²) < 4.78 is 0. The predicted molar refractivity (Wildman–Crippen MR) is 328 cm³/mol. The van der Waals surface area contributed by atoms with E-state index in [0.29, 0.717) is 0 Å². The van der Waals surface area contributed by atoms with Crippen molar-refractivity contribution in [2.24, 2.45) is 0 Å². The third-order valence-electron chi connectivity index (χ3n) is 16.3. The summed E-state index contributed by atoms with van der Waals surface area (Å²) in [5.74, 6) is 0. The summed E-state index contributed by atoms with van der Waals surface area (Å²) in [5.41, 5.74) is 17.9. The Bertz CT molecular complexity index is 4640. The molecule has 7 nitrogen and oxygen atoms in total. The molecule has 0 atom stereocenters. The molecule has 0 fully saturated rings. The van der Waals surface area contributed by atoms with E-state index < -0.39 is 0 Å². The zero-order chi connectivity index (χ0) is 52.4. The van der Waals surface area contributed by atoms with Crippen molar-refractivity contribution < 1.29 is 21.1 Å². The summed E-state index contributed by atoms with van der Waals surface area (Å²) in [6.07, 6.45) is 11.2. The minimum Gasteiger partial charge on any atom is -0.656 e. The van der Waals surface area contributed by atoms with Gasteiger partial charge in [0, 0.05) is 59.4 Å². The number of fused-ring (bicyclic) bond motifs is 4. The van der Waals surface area contributed by atoms with Gasteiger partial charge in [0.1, 0.15) is 0 Å². The molecule has 2 aliphatic heterocycles. The van der Waals surface area contributed by atoms with Gasteiger partial charge in [0.25, 0.3) is 0 Å². The fourth-order valence-corrected chi connectivity index (χ4v) is 12.7. The van der Waals surface area contributed by atoms with E-state index >= 15 is 0 Å². The molecule has 3 aliphatic rings. The van der Waals surface area contributed by atoms with Gasteiger partial charge in [0.05, 0.1) is 22.8 Å². The molecule has 0 radical (unpaired) electrons. The maximum Gasteiger partial charge on any atom is 2.00 e. The van der Waals surface area contributed by atoms with Gasteiger partial charge in [-0.25, -0.2) is 9.97 Å². The standard InChI is InChI=1S/C73H41N7.Pt/c1-2-12-42(13-3-1)62-66-54-34-46-14-4-6-16-48(46)36-56(54)68(77-66)63(43-22-28-74-29-23-43)70-58-38-50-18-8-10-20-52(50)40-60(58)72(79-70)65(45-26-32-76-33-27-45)73-61-41-53-21-11-9-19-51(53)39-59(61)71(80-73)64(44-24-30-75-31-25-44)69-57-37-49-17-7-5-15-47(49)35-55(57)67(62)78-69;/h1-41H;/q-2;+2. The van der Waals surface area contributed by atoms with Crippen molar-refractivity contribution in [1.82, 2.24) is 34.9 Å². The van der Waals surface area contributed by atoms with Gasteiger partial charge in [-0.15, -0.1) is 22.1 Å². The molecule has 0 N–H and O–H groups in total. The van der Waals surface area contributed by atoms with Gasteiger partial charge in [-0.05, 0) is 194 Å². The summed E-state index contributed by atoms with van der Waals surface area (Å²) in [5, 5.41) is 12.9. The van der Waals surface area contributed by atoms with Gasteiger partial charge in [-0.2, -0.15) is 0 Å². The van der Waals surface area contributed by atoms with Gasteiger partial charge in [0.15, 0.2) is 0 Å². The molecule has 9 aromatic carbocycles. The molecule has 14 aromatic rings. The monoisotopic (exact) mass is 1210 g/mol. The van der Waals surface area contributed by atoms with E-state index in [1.54, 1.807) is 0 Å². The van der Waals surface area contributed by atoms with Crippen molar-refractivity contribution in [3.63, 3.8) is 0 Å². The molecule has 0 saturated carbocycles. The molecular weight excluding hydrogens is 1170 g/mol. The van der Waals surface area contributed by atoms with Crippen molar-refractivity contribution in [2.45, 2.75) is 0 Å². The van der Waals surface area contributed by atoms with Gasteiger partial charge >= 0.3 is 21.1 Å². The molecule has 378 valence electrons. The minimum absolute atomic E-state index is 0. The topological polar surface area (TPSA) is 92.7 Å². The first-order chi connectivity index (χ1) is 39.7. The summed E-state index contributed by atoms with van der Waals surface area (Å²) in [6.45, 7) is 0. The number of aromatic nitrogens is 7. The molecule has 0 amide bonds. The van der Waals surface area contributed by atoms with E-state index in [-0.39, 0.29) is 21.1 Å². The van der Waals surface area contributed by atoms with Crippen LogP contribution in [0.4, 0.5) is 0 Å². The van der Waals surface area contributed by atoms with Crippen LogP contribution in [0.5, 0.6) is 0 Å². The van der Waals surface area contributed by atoms with Crippen LogP contribution in [0.2, 0.25) is 0 Å². The Morgan fingerprint density at radius 2 is 0.457 bits per heavy atom. The average molecular weight is 1210 g/mol. The predicted octanol–water partition coefficient (Wildman–Crippen LogP) is 18.0. The van der Waals surface area contributed by atoms with Gasteiger partial charge < -0.3 is 9.97 Å². The van der Waals surface area contributed by atoms with E-state index in [0.717, 1.165) is 176 Å². The maximum atomic E-state index is 6.09. The van der Waals surface area contributed by atoms with Crippen LogP contribution in [-0.2, 0) is 21.1 Å². The Hall–Kier alpha value is -10.2. The van der Waals surface area contributed by atoms with Crippen LogP contribution in [0.3, 0.4) is 0 Å². The number of pyridine rings is 3. The van der Waals surface area contributed by atoms with Crippen molar-refractivity contribution in [3.05, 3.63) is 250 Å². The SMILES string of the molecule is [Pt+2].c1ccc(-c2c3nc(c(-c4ccncc4)c4[n-]c(c(-c5ccncc5)c5nc(c(-c6ccncc6)c6[n-]c2c2cc7ccccc7cc62)-c2cc6ccccc6cc2-5)c2cc5ccccc5cc42)-c2cc4ccccc4cc2-3)cc1. The van der Waals surface area contributed by atoms with Gasteiger partial charge in [-0.3, -0.25) is 15.0 Å². The van der Waals surface area contributed by atoms with Crippen molar-refractivity contribution in [2.75, 3.05) is 0 Å². The van der Waals surface area contributed by atoms with E-state index in [9.17, 15) is 0 Å². The molecule has 5 aromatic heterocycles. The fourth-order valence-electron chi connectivity index (χ4n) is 12.7. The fraction of sp³-hybridized carbons (Fsp3) is 0. The summed E-state index contributed by atoms with van der Waals surface area (Å²) in [4.78, 5) is 38.1. The largest absolute Gasteiger partial charge is 2.00 e. The maximum absolute atomic E-state index is 6.09. The van der Waals surface area contributed by atoms with Crippen LogP contribution in [0.25, 0.3) is 176 Å². The zero-order valence-corrected chi connectivity index (χ0v) is 45.4. The summed E-state index contributed by atoms with van der Waals surface area (Å²) in [7, 11) is 0. The average Bonchev–Trinajstić information content (AvgIpc) is 3.97. The van der Waals surface area contributed by atoms with Crippen LogP contribution >= 0.6 is 0 Å². The van der Waals surface area contributed by atoms with Gasteiger partial charge in [-0.1, -0.05) is 127 Å². The van der Waals surface area contributed by atoms with Gasteiger partial charge in [0.2, 0.25) is 0 Å². The van der Waals surface area contributed by atoms with Crippen LogP contribution in [-0.4, -0.2) is 24.9 Å². The van der Waals surface area contributed by atoms with Crippen LogP contribution in [0.15, 0.2) is 250 Å². The Balaban J connectivity index is 0.00000542. The molecule has 7 heterocycles. The summed E-state index contributed by atoms with van der Waals surface area (Å²) in [6, 6.07) is 76.2. The Kier molecular flexibility index (Phi) is 10.7. The third-order valence-corrected chi connectivity index (χ3v) is 16.3. The molecular formula is C73H41N7Pt. The third kappa shape index (κ3) is 7.29. The molecule has 1 aliphatic carbocycles. The van der Waals surface area contributed by atoms with Crippen LogP contribution in [0, 0.1) is 0 Å². The van der Waals surface area contributed by atoms with E-state index in [4.69, 9.17) is 19.9 Å². The first kappa shape index (κ1) is 46.9. The van der Waals surface area contributed by atoms with E-state index in [1.807, 2.05) is 37.2 Å². The molecule has 8 heteroatoms. The molecule has 17 rings (SSSR count). The van der Waals surface area contributed by atoms with Crippen LogP contribution < -0.4 is 9.97 Å². The first-order valence-electron chi connectivity index (χ1n) is 26.9. The van der Waals surface area contributed by atoms with Crippen LogP contribution in [0.1, 0.15) is 0 Å². The van der Waals surface area contributed by atoms with E-state index in [2.05, 4.69) is 227 Å². The number of nitrogens with zero attached hydrogens (tertiary/aromatic N) is 7. The quantitative estimate of drug-likeness (QED) is 0.173. The van der Waals surface area contributed by atoms with Crippen molar-refractivity contribution in [1.29, 1.82) is 0 Å². The second-order valence-electron chi connectivity index (χ2n) is 20.8. The Morgan fingerprint density at radius 1 is 0.235 bits per heavy atom.